The lowest BCUT2D eigenvalue weighted by molar-refractivity contribution is -0.119. The fourth-order valence-electron chi connectivity index (χ4n) is 2.64. The molecule has 1 aliphatic rings. The number of aliphatic imine (C=N–C) groups is 1. The monoisotopic (exact) mass is 512 g/mol. The van der Waals surface area contributed by atoms with E-state index in [0.717, 1.165) is 29.2 Å². The maximum atomic E-state index is 10.8. The largest absolute Gasteiger partial charge is 0.490 e. The van der Waals surface area contributed by atoms with Crippen molar-refractivity contribution in [2.24, 2.45) is 10.7 Å². The molecule has 2 aromatic carbocycles. The molecule has 0 saturated carbocycles. The van der Waals surface area contributed by atoms with Crippen LogP contribution < -0.4 is 30.6 Å². The van der Waals surface area contributed by atoms with Crippen molar-refractivity contribution in [1.29, 1.82) is 0 Å². The number of nitrogens with zero attached hydrogens (tertiary/aromatic N) is 1. The molecule has 0 spiro atoms. The molecule has 1 aliphatic heterocycles. The fraction of sp³-hybridized carbons (Fsp3) is 0.300. The van der Waals surface area contributed by atoms with Gasteiger partial charge in [-0.15, -0.1) is 24.0 Å². The van der Waals surface area contributed by atoms with E-state index in [0.29, 0.717) is 31.5 Å². The molecule has 0 saturated heterocycles. The van der Waals surface area contributed by atoms with Crippen LogP contribution in [0.1, 0.15) is 12.0 Å². The number of halogens is 1. The van der Waals surface area contributed by atoms with E-state index in [2.05, 4.69) is 15.6 Å². The van der Waals surface area contributed by atoms with E-state index in [1.807, 2.05) is 36.4 Å². The topological polar surface area (TPSA) is 107 Å². The molecule has 29 heavy (non-hydrogen) atoms. The maximum absolute atomic E-state index is 10.8. The summed E-state index contributed by atoms with van der Waals surface area (Å²) in [4.78, 5) is 15.1. The van der Waals surface area contributed by atoms with E-state index in [1.165, 1.54) is 0 Å². The Labute approximate surface area is 186 Å². The number of primary amides is 1. The van der Waals surface area contributed by atoms with Crippen LogP contribution in [0.5, 0.6) is 17.2 Å². The molecule has 4 N–H and O–H groups in total. The SMILES string of the molecule is CN=C(NCc1cccc(OCC(N)=O)c1)Nc1ccc2c(c1)OCCCO2.I. The zero-order valence-corrected chi connectivity index (χ0v) is 18.5. The number of hydrogen-bond acceptors (Lipinski definition) is 5. The van der Waals surface area contributed by atoms with Crippen molar-refractivity contribution in [3.05, 3.63) is 48.0 Å². The molecular formula is C20H25IN4O4. The summed E-state index contributed by atoms with van der Waals surface area (Å²) in [6, 6.07) is 13.1. The number of nitrogens with one attached hydrogen (secondary N) is 2. The Kier molecular flexibility index (Phi) is 8.84. The van der Waals surface area contributed by atoms with Crippen LogP contribution in [-0.4, -0.2) is 38.7 Å². The predicted molar refractivity (Wildman–Crippen MR) is 122 cm³/mol. The summed E-state index contributed by atoms with van der Waals surface area (Å²) in [6.45, 7) is 1.67. The van der Waals surface area contributed by atoms with E-state index in [9.17, 15) is 4.79 Å². The Balaban J connectivity index is 0.00000300. The first-order valence-electron chi connectivity index (χ1n) is 9.01. The predicted octanol–water partition coefficient (Wildman–Crippen LogP) is 2.52. The Morgan fingerprint density at radius 1 is 1.17 bits per heavy atom. The van der Waals surface area contributed by atoms with Crippen molar-refractivity contribution >= 4 is 41.5 Å². The summed E-state index contributed by atoms with van der Waals surface area (Å²) in [5, 5.41) is 6.47. The van der Waals surface area contributed by atoms with E-state index in [1.54, 1.807) is 13.1 Å². The zero-order valence-electron chi connectivity index (χ0n) is 16.1. The number of guanidine groups is 1. The average molecular weight is 512 g/mol. The zero-order chi connectivity index (χ0) is 19.8. The highest BCUT2D eigenvalue weighted by Crippen LogP contribution is 2.32. The van der Waals surface area contributed by atoms with Crippen LogP contribution in [0.25, 0.3) is 0 Å². The van der Waals surface area contributed by atoms with E-state index < -0.39 is 5.91 Å². The number of fused-ring (bicyclic) bond motifs is 1. The molecule has 8 nitrogen and oxygen atoms in total. The van der Waals surface area contributed by atoms with Crippen LogP contribution in [0, 0.1) is 0 Å². The molecule has 1 heterocycles. The summed E-state index contributed by atoms with van der Waals surface area (Å²) >= 11 is 0. The van der Waals surface area contributed by atoms with Gasteiger partial charge in [-0.3, -0.25) is 9.79 Å². The first-order valence-corrected chi connectivity index (χ1v) is 9.01. The average Bonchev–Trinajstić information content (AvgIpc) is 2.95. The second-order valence-corrected chi connectivity index (χ2v) is 6.17. The number of carbonyl (C=O) groups excluding carboxylic acids is 1. The third-order valence-electron chi connectivity index (χ3n) is 3.97. The van der Waals surface area contributed by atoms with Crippen LogP contribution in [0.4, 0.5) is 5.69 Å². The van der Waals surface area contributed by atoms with Crippen molar-refractivity contribution in [2.45, 2.75) is 13.0 Å². The van der Waals surface area contributed by atoms with E-state index >= 15 is 0 Å². The van der Waals surface area contributed by atoms with Gasteiger partial charge in [0.05, 0.1) is 13.2 Å². The minimum Gasteiger partial charge on any atom is -0.490 e. The smallest absolute Gasteiger partial charge is 0.255 e. The molecule has 9 heteroatoms. The van der Waals surface area contributed by atoms with Gasteiger partial charge in [-0.05, 0) is 29.8 Å². The molecule has 1 amide bonds. The molecule has 2 aromatic rings. The number of rotatable bonds is 6. The van der Waals surface area contributed by atoms with E-state index in [4.69, 9.17) is 19.9 Å². The lowest BCUT2D eigenvalue weighted by Gasteiger charge is -2.14. The van der Waals surface area contributed by atoms with Gasteiger partial charge in [-0.2, -0.15) is 0 Å². The van der Waals surface area contributed by atoms with Crippen molar-refractivity contribution in [3.63, 3.8) is 0 Å². The molecule has 0 radical (unpaired) electrons. The third-order valence-corrected chi connectivity index (χ3v) is 3.97. The van der Waals surface area contributed by atoms with Gasteiger partial charge < -0.3 is 30.6 Å². The van der Waals surface area contributed by atoms with Gasteiger partial charge in [-0.1, -0.05) is 12.1 Å². The normalized spacial score (nSPS) is 12.9. The van der Waals surface area contributed by atoms with Crippen LogP contribution in [-0.2, 0) is 11.3 Å². The molecule has 3 rings (SSSR count). The van der Waals surface area contributed by atoms with Crippen molar-refractivity contribution in [1.82, 2.24) is 5.32 Å². The summed E-state index contributed by atoms with van der Waals surface area (Å²) in [6.07, 6.45) is 0.864. The highest BCUT2D eigenvalue weighted by atomic mass is 127. The Hall–Kier alpha value is -2.69. The van der Waals surface area contributed by atoms with Crippen molar-refractivity contribution < 1.29 is 19.0 Å². The second kappa shape index (κ2) is 11.3. The summed E-state index contributed by atoms with van der Waals surface area (Å²) < 4.78 is 16.7. The Morgan fingerprint density at radius 3 is 2.72 bits per heavy atom. The minimum atomic E-state index is -0.511. The third kappa shape index (κ3) is 7.00. The van der Waals surface area contributed by atoms with Crippen LogP contribution in [0.2, 0.25) is 0 Å². The number of amides is 1. The summed E-state index contributed by atoms with van der Waals surface area (Å²) in [5.74, 6) is 2.15. The van der Waals surface area contributed by atoms with Crippen molar-refractivity contribution in [3.8, 4) is 17.2 Å². The van der Waals surface area contributed by atoms with Gasteiger partial charge >= 0.3 is 0 Å². The minimum absolute atomic E-state index is 0. The number of carbonyl (C=O) groups is 1. The number of anilines is 1. The first-order chi connectivity index (χ1) is 13.6. The molecule has 0 aliphatic carbocycles. The number of nitrogens with two attached hydrogens (primary N) is 1. The van der Waals surface area contributed by atoms with Gasteiger partial charge in [0.15, 0.2) is 24.1 Å². The quantitative estimate of drug-likeness (QED) is 0.312. The van der Waals surface area contributed by atoms with Crippen LogP contribution in [0.3, 0.4) is 0 Å². The van der Waals surface area contributed by atoms with Gasteiger partial charge in [0, 0.05) is 31.8 Å². The first kappa shape index (κ1) is 22.6. The van der Waals surface area contributed by atoms with E-state index in [-0.39, 0.29) is 30.6 Å². The molecule has 0 atom stereocenters. The van der Waals surface area contributed by atoms with Crippen molar-refractivity contribution in [2.75, 3.05) is 32.2 Å². The second-order valence-electron chi connectivity index (χ2n) is 6.17. The highest BCUT2D eigenvalue weighted by molar-refractivity contribution is 14.0. The lowest BCUT2D eigenvalue weighted by Crippen LogP contribution is -2.30. The van der Waals surface area contributed by atoms with Gasteiger partial charge in [0.1, 0.15) is 5.75 Å². The summed E-state index contributed by atoms with van der Waals surface area (Å²) in [7, 11) is 1.70. The van der Waals surface area contributed by atoms with Crippen LogP contribution in [0.15, 0.2) is 47.5 Å². The van der Waals surface area contributed by atoms with Gasteiger partial charge in [0.2, 0.25) is 0 Å². The maximum Gasteiger partial charge on any atom is 0.255 e. The lowest BCUT2D eigenvalue weighted by atomic mass is 10.2. The molecule has 156 valence electrons. The highest BCUT2D eigenvalue weighted by Gasteiger charge is 2.11. The molecule has 0 fully saturated rings. The molecule has 0 bridgehead atoms. The molecule has 0 aromatic heterocycles. The fourth-order valence-corrected chi connectivity index (χ4v) is 2.64. The number of benzene rings is 2. The van der Waals surface area contributed by atoms with Crippen LogP contribution >= 0.6 is 24.0 Å². The van der Waals surface area contributed by atoms with Gasteiger partial charge in [0.25, 0.3) is 5.91 Å². The number of ether oxygens (including phenoxy) is 3. The Bertz CT molecular complexity index is 860. The molecule has 0 unspecified atom stereocenters. The number of hydrogen-bond donors (Lipinski definition) is 3. The Morgan fingerprint density at radius 2 is 1.97 bits per heavy atom. The standard InChI is InChI=1S/C20H24N4O4.HI/c1-22-20(23-12-14-4-2-5-16(10-14)28-13-19(21)25)24-15-6-7-17-18(11-15)27-9-3-8-26-17;/h2,4-7,10-11H,3,8-9,12-13H2,1H3,(H2,21,25)(H2,22,23,24);1H. The summed E-state index contributed by atoms with van der Waals surface area (Å²) in [5.41, 5.74) is 6.92. The molecular weight excluding hydrogens is 487 g/mol. The van der Waals surface area contributed by atoms with Gasteiger partial charge in [-0.25, -0.2) is 0 Å².